The van der Waals surface area contributed by atoms with Crippen LogP contribution in [0.25, 0.3) is 16.7 Å². The van der Waals surface area contributed by atoms with Crippen LogP contribution in [-0.4, -0.2) is 26.7 Å². The summed E-state index contributed by atoms with van der Waals surface area (Å²) in [6.45, 7) is 1.95. The Morgan fingerprint density at radius 1 is 1.00 bits per heavy atom. The minimum Gasteiger partial charge on any atom is -0.497 e. The molecule has 0 spiro atoms. The van der Waals surface area contributed by atoms with Crippen LogP contribution in [0.1, 0.15) is 5.82 Å². The maximum absolute atomic E-state index is 5.20. The molecule has 4 rings (SSSR count). The van der Waals surface area contributed by atoms with Crippen molar-refractivity contribution < 1.29 is 4.74 Å². The van der Waals surface area contributed by atoms with Gasteiger partial charge in [-0.25, -0.2) is 4.98 Å². The average molecular weight is 322 g/mol. The molecule has 0 saturated heterocycles. The van der Waals surface area contributed by atoms with E-state index in [2.05, 4.69) is 10.2 Å². The maximum Gasteiger partial charge on any atom is 0.194 e. The van der Waals surface area contributed by atoms with Gasteiger partial charge in [0.2, 0.25) is 0 Å². The quantitative estimate of drug-likeness (QED) is 0.575. The predicted octanol–water partition coefficient (Wildman–Crippen LogP) is 3.75. The van der Waals surface area contributed by atoms with Crippen molar-refractivity contribution in [2.45, 2.75) is 16.8 Å². The van der Waals surface area contributed by atoms with E-state index in [1.807, 2.05) is 59.9 Å². The summed E-state index contributed by atoms with van der Waals surface area (Å²) in [6, 6.07) is 15.9. The van der Waals surface area contributed by atoms with E-state index >= 15 is 0 Å². The van der Waals surface area contributed by atoms with Crippen molar-refractivity contribution in [1.29, 1.82) is 0 Å². The fraction of sp³-hybridized carbons (Fsp3) is 0.118. The van der Waals surface area contributed by atoms with Gasteiger partial charge in [0, 0.05) is 4.90 Å². The lowest BCUT2D eigenvalue weighted by molar-refractivity contribution is 0.414. The standard InChI is InChI=1S/C17H14N4OS/c1-11-19-20-16-17(23-13-9-7-12(22-2)8-10-13)18-14-5-3-4-6-15(14)21(11)16/h3-10H,1-2H3. The molecule has 6 heteroatoms. The van der Waals surface area contributed by atoms with Crippen LogP contribution in [0, 0.1) is 6.92 Å². The van der Waals surface area contributed by atoms with E-state index in [4.69, 9.17) is 9.72 Å². The molecule has 114 valence electrons. The summed E-state index contributed by atoms with van der Waals surface area (Å²) in [5, 5.41) is 9.36. The Morgan fingerprint density at radius 2 is 1.78 bits per heavy atom. The molecule has 0 amide bonds. The molecule has 2 heterocycles. The highest BCUT2D eigenvalue weighted by atomic mass is 32.2. The summed E-state index contributed by atoms with van der Waals surface area (Å²) in [4.78, 5) is 5.84. The molecule has 0 N–H and O–H groups in total. The third kappa shape index (κ3) is 2.41. The molecule has 0 saturated carbocycles. The van der Waals surface area contributed by atoms with Gasteiger partial charge in [-0.05, 0) is 43.3 Å². The Hall–Kier alpha value is -2.60. The number of ether oxygens (including phenoxy) is 1. The van der Waals surface area contributed by atoms with E-state index in [0.29, 0.717) is 0 Å². The normalized spacial score (nSPS) is 11.2. The summed E-state index contributed by atoms with van der Waals surface area (Å²) in [7, 11) is 1.66. The summed E-state index contributed by atoms with van der Waals surface area (Å²) >= 11 is 1.57. The lowest BCUT2D eigenvalue weighted by atomic mass is 10.3. The number of hydrogen-bond donors (Lipinski definition) is 0. The fourth-order valence-electron chi connectivity index (χ4n) is 2.52. The maximum atomic E-state index is 5.20. The van der Waals surface area contributed by atoms with Gasteiger partial charge in [0.1, 0.15) is 16.6 Å². The molecule has 2 aromatic heterocycles. The highest BCUT2D eigenvalue weighted by Crippen LogP contribution is 2.32. The summed E-state index contributed by atoms with van der Waals surface area (Å²) in [5.74, 6) is 1.69. The average Bonchev–Trinajstić information content (AvgIpc) is 2.98. The number of aryl methyl sites for hydroxylation is 1. The van der Waals surface area contributed by atoms with Crippen molar-refractivity contribution in [3.8, 4) is 5.75 Å². The Labute approximate surface area is 137 Å². The Bertz CT molecular complexity index is 995. The molecule has 0 radical (unpaired) electrons. The van der Waals surface area contributed by atoms with E-state index in [9.17, 15) is 0 Å². The van der Waals surface area contributed by atoms with E-state index in [-0.39, 0.29) is 0 Å². The molecular weight excluding hydrogens is 308 g/mol. The number of nitrogens with zero attached hydrogens (tertiary/aromatic N) is 4. The van der Waals surface area contributed by atoms with Crippen molar-refractivity contribution in [3.63, 3.8) is 0 Å². The van der Waals surface area contributed by atoms with Crippen molar-refractivity contribution >= 4 is 28.4 Å². The van der Waals surface area contributed by atoms with Gasteiger partial charge in [0.15, 0.2) is 5.65 Å². The molecule has 0 fully saturated rings. The minimum atomic E-state index is 0.780. The fourth-order valence-corrected chi connectivity index (χ4v) is 3.38. The van der Waals surface area contributed by atoms with Gasteiger partial charge < -0.3 is 4.74 Å². The van der Waals surface area contributed by atoms with Crippen LogP contribution < -0.4 is 4.74 Å². The van der Waals surface area contributed by atoms with Crippen LogP contribution >= 0.6 is 11.8 Å². The number of rotatable bonds is 3. The minimum absolute atomic E-state index is 0.780. The molecule has 0 aliphatic carbocycles. The zero-order chi connectivity index (χ0) is 15.8. The predicted molar refractivity (Wildman–Crippen MR) is 90.1 cm³/mol. The number of methoxy groups -OCH3 is 1. The number of benzene rings is 2. The van der Waals surface area contributed by atoms with Gasteiger partial charge >= 0.3 is 0 Å². The van der Waals surface area contributed by atoms with Crippen molar-refractivity contribution in [2.75, 3.05) is 7.11 Å². The highest BCUT2D eigenvalue weighted by Gasteiger charge is 2.13. The molecule has 0 unspecified atom stereocenters. The molecule has 5 nitrogen and oxygen atoms in total. The van der Waals surface area contributed by atoms with Crippen LogP contribution in [0.2, 0.25) is 0 Å². The van der Waals surface area contributed by atoms with E-state index < -0.39 is 0 Å². The van der Waals surface area contributed by atoms with Gasteiger partial charge in [-0.2, -0.15) is 0 Å². The van der Waals surface area contributed by atoms with Gasteiger partial charge in [0.05, 0.1) is 18.1 Å². The van der Waals surface area contributed by atoms with Crippen LogP contribution in [0.3, 0.4) is 0 Å². The zero-order valence-electron chi connectivity index (χ0n) is 12.7. The second-order valence-corrected chi connectivity index (χ2v) is 6.15. The van der Waals surface area contributed by atoms with E-state index in [1.165, 1.54) is 0 Å². The third-order valence-corrected chi connectivity index (χ3v) is 4.61. The molecule has 23 heavy (non-hydrogen) atoms. The number of aromatic nitrogens is 4. The Kier molecular flexibility index (Phi) is 3.38. The monoisotopic (exact) mass is 322 g/mol. The first-order chi connectivity index (χ1) is 11.3. The van der Waals surface area contributed by atoms with Crippen LogP contribution in [0.15, 0.2) is 58.5 Å². The zero-order valence-corrected chi connectivity index (χ0v) is 13.5. The summed E-state index contributed by atoms with van der Waals surface area (Å²) in [6.07, 6.45) is 0. The molecule has 0 aliphatic heterocycles. The highest BCUT2D eigenvalue weighted by molar-refractivity contribution is 7.99. The van der Waals surface area contributed by atoms with E-state index in [0.717, 1.165) is 38.2 Å². The molecule has 0 atom stereocenters. The molecular formula is C17H14N4OS. The van der Waals surface area contributed by atoms with Crippen molar-refractivity contribution in [1.82, 2.24) is 19.6 Å². The SMILES string of the molecule is COc1ccc(Sc2nc3ccccc3n3c(C)nnc23)cc1. The van der Waals surface area contributed by atoms with Crippen molar-refractivity contribution in [3.05, 3.63) is 54.4 Å². The third-order valence-electron chi connectivity index (χ3n) is 3.63. The number of hydrogen-bond acceptors (Lipinski definition) is 5. The van der Waals surface area contributed by atoms with Gasteiger partial charge in [-0.3, -0.25) is 4.40 Å². The smallest absolute Gasteiger partial charge is 0.194 e. The van der Waals surface area contributed by atoms with Crippen LogP contribution in [0.5, 0.6) is 5.75 Å². The number of para-hydroxylation sites is 2. The second kappa shape index (κ2) is 5.55. The first-order valence-corrected chi connectivity index (χ1v) is 8.00. The lowest BCUT2D eigenvalue weighted by Gasteiger charge is -2.07. The van der Waals surface area contributed by atoms with E-state index in [1.54, 1.807) is 18.9 Å². The Balaban J connectivity index is 1.87. The van der Waals surface area contributed by atoms with Gasteiger partial charge in [-0.15, -0.1) is 10.2 Å². The largest absolute Gasteiger partial charge is 0.497 e. The molecule has 0 aliphatic rings. The molecule has 2 aromatic carbocycles. The second-order valence-electron chi connectivity index (χ2n) is 5.09. The first kappa shape index (κ1) is 14.0. The van der Waals surface area contributed by atoms with Crippen LogP contribution in [-0.2, 0) is 0 Å². The van der Waals surface area contributed by atoms with Gasteiger partial charge in [0.25, 0.3) is 0 Å². The lowest BCUT2D eigenvalue weighted by Crippen LogP contribution is -1.96. The topological polar surface area (TPSA) is 52.3 Å². The molecule has 0 bridgehead atoms. The number of fused-ring (bicyclic) bond motifs is 3. The Morgan fingerprint density at radius 3 is 2.57 bits per heavy atom. The van der Waals surface area contributed by atoms with Gasteiger partial charge in [-0.1, -0.05) is 23.9 Å². The van der Waals surface area contributed by atoms with Crippen LogP contribution in [0.4, 0.5) is 0 Å². The molecule has 4 aromatic rings. The van der Waals surface area contributed by atoms with Crippen molar-refractivity contribution in [2.24, 2.45) is 0 Å². The summed E-state index contributed by atoms with van der Waals surface area (Å²) in [5.41, 5.74) is 2.73. The first-order valence-electron chi connectivity index (χ1n) is 7.18. The summed E-state index contributed by atoms with van der Waals surface area (Å²) < 4.78 is 7.25.